The molecular weight excluding hydrogens is 243 g/mol. The van der Waals surface area contributed by atoms with Crippen molar-refractivity contribution < 1.29 is 14.9 Å². The molecule has 1 aliphatic carbocycles. The van der Waals surface area contributed by atoms with Gasteiger partial charge >= 0.3 is 0 Å². The molecule has 0 radical (unpaired) electrons. The van der Waals surface area contributed by atoms with Crippen LogP contribution in [0.1, 0.15) is 44.2 Å². The zero-order valence-electron chi connectivity index (χ0n) is 11.4. The number of hydrogen-bond acceptors (Lipinski definition) is 1. The molecule has 0 spiro atoms. The Labute approximate surface area is 113 Å². The quantitative estimate of drug-likeness (QED) is 0.860. The lowest BCUT2D eigenvalue weighted by Gasteiger charge is -2.25. The Morgan fingerprint density at radius 2 is 1.84 bits per heavy atom. The highest BCUT2D eigenvalue weighted by molar-refractivity contribution is 5.79. The standard InChI is InChI=1S/C15H21FN2O/c1-10(11-2-6-13(16)7-3-11)18-15(19)12-4-8-14(17)9-5-12/h2-3,6-7,10,12,14H,4-5,8-9,17H2,1H3,(H,18,19)/p+1/t10-,12?,14?/m1/s1. The number of nitrogens with one attached hydrogen (secondary N) is 1. The molecule has 4 N–H and O–H groups in total. The van der Waals surface area contributed by atoms with Crippen molar-refractivity contribution in [2.24, 2.45) is 5.92 Å². The number of rotatable bonds is 3. The van der Waals surface area contributed by atoms with E-state index in [4.69, 9.17) is 0 Å². The maximum Gasteiger partial charge on any atom is 0.223 e. The summed E-state index contributed by atoms with van der Waals surface area (Å²) in [5.74, 6) is -0.0272. The predicted molar refractivity (Wildman–Crippen MR) is 71.6 cm³/mol. The van der Waals surface area contributed by atoms with Gasteiger partial charge in [-0.15, -0.1) is 0 Å². The maximum absolute atomic E-state index is 12.8. The highest BCUT2D eigenvalue weighted by Crippen LogP contribution is 2.23. The van der Waals surface area contributed by atoms with E-state index in [-0.39, 0.29) is 23.7 Å². The van der Waals surface area contributed by atoms with E-state index in [1.807, 2.05) is 6.92 Å². The van der Waals surface area contributed by atoms with Gasteiger partial charge in [-0.1, -0.05) is 12.1 Å². The van der Waals surface area contributed by atoms with Crippen LogP contribution in [0, 0.1) is 11.7 Å². The van der Waals surface area contributed by atoms with Gasteiger partial charge in [0.05, 0.1) is 12.1 Å². The van der Waals surface area contributed by atoms with Gasteiger partial charge in [0.25, 0.3) is 0 Å². The lowest BCUT2D eigenvalue weighted by molar-refractivity contribution is -0.426. The molecule has 1 aromatic carbocycles. The number of amides is 1. The van der Waals surface area contributed by atoms with Crippen LogP contribution >= 0.6 is 0 Å². The Kier molecular flexibility index (Phi) is 4.53. The Hall–Kier alpha value is -1.42. The molecule has 1 aliphatic rings. The summed E-state index contributed by atoms with van der Waals surface area (Å²) < 4.78 is 12.8. The second-order valence-electron chi connectivity index (χ2n) is 5.50. The summed E-state index contributed by atoms with van der Waals surface area (Å²) >= 11 is 0. The van der Waals surface area contributed by atoms with E-state index in [1.165, 1.54) is 12.1 Å². The molecule has 1 amide bonds. The summed E-state index contributed by atoms with van der Waals surface area (Å²) in [4.78, 5) is 12.1. The number of carbonyl (C=O) groups is 1. The summed E-state index contributed by atoms with van der Waals surface area (Å²) in [6, 6.07) is 6.70. The summed E-state index contributed by atoms with van der Waals surface area (Å²) in [5, 5.41) is 3.02. The predicted octanol–water partition coefficient (Wildman–Crippen LogP) is 1.80. The topological polar surface area (TPSA) is 56.7 Å². The monoisotopic (exact) mass is 265 g/mol. The molecule has 1 aromatic rings. The fraction of sp³-hybridized carbons (Fsp3) is 0.533. The molecule has 0 saturated heterocycles. The van der Waals surface area contributed by atoms with Crippen LogP contribution in [0.4, 0.5) is 4.39 Å². The van der Waals surface area contributed by atoms with Crippen LogP contribution in [0.5, 0.6) is 0 Å². The lowest BCUT2D eigenvalue weighted by atomic mass is 9.85. The fourth-order valence-corrected chi connectivity index (χ4v) is 2.59. The van der Waals surface area contributed by atoms with Crippen LogP contribution in [0.2, 0.25) is 0 Å². The van der Waals surface area contributed by atoms with Crippen LogP contribution in [-0.4, -0.2) is 11.9 Å². The molecule has 0 heterocycles. The number of benzene rings is 1. The minimum absolute atomic E-state index is 0.0782. The SMILES string of the molecule is C[C@@H](NC(=O)C1CCC([NH3+])CC1)c1ccc(F)cc1. The molecule has 1 atom stereocenters. The smallest absolute Gasteiger partial charge is 0.223 e. The van der Waals surface area contributed by atoms with Crippen molar-refractivity contribution in [3.05, 3.63) is 35.6 Å². The molecule has 0 aliphatic heterocycles. The van der Waals surface area contributed by atoms with Gasteiger partial charge in [-0.3, -0.25) is 4.79 Å². The largest absolute Gasteiger partial charge is 0.355 e. The molecule has 0 bridgehead atoms. The second kappa shape index (κ2) is 6.15. The van der Waals surface area contributed by atoms with E-state index in [1.54, 1.807) is 12.1 Å². The van der Waals surface area contributed by atoms with Gasteiger partial charge in [0, 0.05) is 5.92 Å². The Bertz CT molecular complexity index is 424. The van der Waals surface area contributed by atoms with E-state index in [0.29, 0.717) is 6.04 Å². The number of halogens is 1. The third-order valence-corrected chi connectivity index (χ3v) is 3.95. The van der Waals surface area contributed by atoms with E-state index in [0.717, 1.165) is 31.2 Å². The number of hydrogen-bond donors (Lipinski definition) is 2. The first kappa shape index (κ1) is 14.0. The van der Waals surface area contributed by atoms with Crippen molar-refractivity contribution in [1.82, 2.24) is 5.32 Å². The van der Waals surface area contributed by atoms with Gasteiger partial charge in [0.15, 0.2) is 0 Å². The molecule has 19 heavy (non-hydrogen) atoms. The minimum atomic E-state index is -0.254. The normalized spacial score (nSPS) is 24.8. The molecular formula is C15H22FN2O+. The van der Waals surface area contributed by atoms with Gasteiger partial charge in [-0.05, 0) is 50.3 Å². The van der Waals surface area contributed by atoms with E-state index in [2.05, 4.69) is 11.1 Å². The Morgan fingerprint density at radius 1 is 1.26 bits per heavy atom. The van der Waals surface area contributed by atoms with E-state index < -0.39 is 0 Å². The van der Waals surface area contributed by atoms with Crippen LogP contribution < -0.4 is 11.1 Å². The van der Waals surface area contributed by atoms with Crippen molar-refractivity contribution in [3.63, 3.8) is 0 Å². The Balaban J connectivity index is 1.89. The number of carbonyl (C=O) groups excluding carboxylic acids is 1. The fourth-order valence-electron chi connectivity index (χ4n) is 2.59. The van der Waals surface area contributed by atoms with Gasteiger partial charge in [-0.25, -0.2) is 4.39 Å². The lowest BCUT2D eigenvalue weighted by Crippen LogP contribution is -2.62. The summed E-state index contributed by atoms with van der Waals surface area (Å²) in [6.07, 6.45) is 3.91. The zero-order chi connectivity index (χ0) is 13.8. The molecule has 4 heteroatoms. The third-order valence-electron chi connectivity index (χ3n) is 3.95. The third kappa shape index (κ3) is 3.77. The summed E-state index contributed by atoms with van der Waals surface area (Å²) in [6.45, 7) is 1.93. The second-order valence-corrected chi connectivity index (χ2v) is 5.50. The van der Waals surface area contributed by atoms with Crippen molar-refractivity contribution >= 4 is 5.91 Å². The summed E-state index contributed by atoms with van der Waals surface area (Å²) in [5.41, 5.74) is 4.97. The Morgan fingerprint density at radius 3 is 2.42 bits per heavy atom. The average molecular weight is 265 g/mol. The van der Waals surface area contributed by atoms with Crippen LogP contribution in [0.3, 0.4) is 0 Å². The highest BCUT2D eigenvalue weighted by atomic mass is 19.1. The van der Waals surface area contributed by atoms with Gasteiger partial charge in [0.1, 0.15) is 5.82 Å². The molecule has 3 nitrogen and oxygen atoms in total. The first-order valence-electron chi connectivity index (χ1n) is 6.95. The van der Waals surface area contributed by atoms with Crippen molar-refractivity contribution in [2.45, 2.75) is 44.7 Å². The van der Waals surface area contributed by atoms with Crippen LogP contribution in [0.25, 0.3) is 0 Å². The van der Waals surface area contributed by atoms with Gasteiger partial charge in [0.2, 0.25) is 5.91 Å². The minimum Gasteiger partial charge on any atom is -0.355 e. The van der Waals surface area contributed by atoms with Crippen molar-refractivity contribution in [2.75, 3.05) is 0 Å². The van der Waals surface area contributed by atoms with Crippen molar-refractivity contribution in [1.29, 1.82) is 0 Å². The molecule has 1 fully saturated rings. The van der Waals surface area contributed by atoms with Crippen LogP contribution in [0.15, 0.2) is 24.3 Å². The summed E-state index contributed by atoms with van der Waals surface area (Å²) in [7, 11) is 0. The van der Waals surface area contributed by atoms with E-state index >= 15 is 0 Å². The van der Waals surface area contributed by atoms with Crippen LogP contribution in [-0.2, 0) is 4.79 Å². The molecule has 0 unspecified atom stereocenters. The molecule has 0 aromatic heterocycles. The molecule has 104 valence electrons. The van der Waals surface area contributed by atoms with Gasteiger partial charge < -0.3 is 11.1 Å². The van der Waals surface area contributed by atoms with Crippen molar-refractivity contribution in [3.8, 4) is 0 Å². The highest BCUT2D eigenvalue weighted by Gasteiger charge is 2.26. The van der Waals surface area contributed by atoms with Gasteiger partial charge in [-0.2, -0.15) is 0 Å². The first-order chi connectivity index (χ1) is 9.06. The zero-order valence-corrected chi connectivity index (χ0v) is 11.4. The molecule has 2 rings (SSSR count). The van der Waals surface area contributed by atoms with E-state index in [9.17, 15) is 9.18 Å². The maximum atomic E-state index is 12.8. The average Bonchev–Trinajstić information content (AvgIpc) is 2.40. The first-order valence-corrected chi connectivity index (χ1v) is 6.95. The molecule has 1 saturated carbocycles. The number of quaternary nitrogens is 1.